The van der Waals surface area contributed by atoms with E-state index in [9.17, 15) is 9.59 Å². The van der Waals surface area contributed by atoms with Gasteiger partial charge in [0.15, 0.2) is 0 Å². The molecule has 7 heteroatoms. The highest BCUT2D eigenvalue weighted by Gasteiger charge is 2.40. The third-order valence-corrected chi connectivity index (χ3v) is 6.52. The molecular weight excluding hydrogens is 378 g/mol. The fourth-order valence-electron chi connectivity index (χ4n) is 5.14. The van der Waals surface area contributed by atoms with E-state index in [1.807, 2.05) is 47.4 Å². The lowest BCUT2D eigenvalue weighted by Crippen LogP contribution is -2.42. The Balaban J connectivity index is 1.34. The predicted octanol–water partition coefficient (Wildman–Crippen LogP) is 2.61. The van der Waals surface area contributed by atoms with E-state index in [2.05, 4.69) is 16.1 Å². The Morgan fingerprint density at radius 2 is 1.97 bits per heavy atom. The molecule has 0 saturated carbocycles. The van der Waals surface area contributed by atoms with Gasteiger partial charge in [0.25, 0.3) is 5.56 Å². The van der Waals surface area contributed by atoms with Crippen LogP contribution in [0.4, 0.5) is 0 Å². The molecule has 1 saturated heterocycles. The van der Waals surface area contributed by atoms with Crippen LogP contribution in [0.2, 0.25) is 0 Å². The molecule has 2 aliphatic heterocycles. The van der Waals surface area contributed by atoms with E-state index in [4.69, 9.17) is 4.98 Å². The summed E-state index contributed by atoms with van der Waals surface area (Å²) >= 11 is 0. The number of carbonyl (C=O) groups is 1. The van der Waals surface area contributed by atoms with Gasteiger partial charge in [0.05, 0.1) is 22.6 Å². The van der Waals surface area contributed by atoms with Gasteiger partial charge in [-0.05, 0) is 51.3 Å². The number of aryl methyl sites for hydroxylation is 3. The molecule has 0 spiro atoms. The van der Waals surface area contributed by atoms with Gasteiger partial charge in [0, 0.05) is 37.7 Å². The molecule has 3 aromatic rings. The van der Waals surface area contributed by atoms with Gasteiger partial charge in [-0.3, -0.25) is 18.8 Å². The van der Waals surface area contributed by atoms with Gasteiger partial charge in [-0.15, -0.1) is 0 Å². The van der Waals surface area contributed by atoms with Gasteiger partial charge in [-0.25, -0.2) is 4.98 Å². The smallest absolute Gasteiger partial charge is 0.261 e. The van der Waals surface area contributed by atoms with Crippen molar-refractivity contribution in [3.63, 3.8) is 0 Å². The van der Waals surface area contributed by atoms with Crippen LogP contribution in [0.5, 0.6) is 0 Å². The van der Waals surface area contributed by atoms with Crippen LogP contribution in [-0.2, 0) is 24.3 Å². The van der Waals surface area contributed by atoms with Crippen molar-refractivity contribution in [3.05, 3.63) is 57.9 Å². The summed E-state index contributed by atoms with van der Waals surface area (Å²) in [5, 5.41) is 5.14. The van der Waals surface area contributed by atoms with Crippen molar-refractivity contribution in [1.82, 2.24) is 24.2 Å². The van der Waals surface area contributed by atoms with Crippen molar-refractivity contribution in [2.75, 3.05) is 0 Å². The van der Waals surface area contributed by atoms with Crippen LogP contribution in [0.1, 0.15) is 42.9 Å². The van der Waals surface area contributed by atoms with Crippen LogP contribution < -0.4 is 5.56 Å². The molecule has 5 rings (SSSR count). The van der Waals surface area contributed by atoms with Crippen molar-refractivity contribution in [2.24, 2.45) is 0 Å². The highest BCUT2D eigenvalue weighted by atomic mass is 16.2. The molecule has 2 unspecified atom stereocenters. The van der Waals surface area contributed by atoms with E-state index in [0.29, 0.717) is 24.8 Å². The van der Waals surface area contributed by atoms with Gasteiger partial charge >= 0.3 is 0 Å². The third-order valence-electron chi connectivity index (χ3n) is 6.52. The van der Waals surface area contributed by atoms with E-state index >= 15 is 0 Å². The number of amides is 1. The van der Waals surface area contributed by atoms with Crippen LogP contribution >= 0.6 is 0 Å². The van der Waals surface area contributed by atoms with Gasteiger partial charge in [0.1, 0.15) is 5.82 Å². The lowest BCUT2D eigenvalue weighted by atomic mass is 10.1. The molecule has 1 fully saturated rings. The van der Waals surface area contributed by atoms with E-state index in [1.54, 1.807) is 0 Å². The topological polar surface area (TPSA) is 73.0 Å². The summed E-state index contributed by atoms with van der Waals surface area (Å²) in [6.45, 7) is 5.33. The van der Waals surface area contributed by atoms with Gasteiger partial charge in [0.2, 0.25) is 5.91 Å². The molecule has 7 nitrogen and oxygen atoms in total. The number of carbonyl (C=O) groups excluding carboxylic acids is 1. The Hall–Kier alpha value is -2.96. The fourth-order valence-corrected chi connectivity index (χ4v) is 5.14. The average Bonchev–Trinajstić information content (AvgIpc) is 3.20. The molecule has 1 aromatic carbocycles. The first-order chi connectivity index (χ1) is 14.5. The summed E-state index contributed by atoms with van der Waals surface area (Å²) in [7, 11) is 0. The van der Waals surface area contributed by atoms with Gasteiger partial charge in [-0.1, -0.05) is 12.1 Å². The van der Waals surface area contributed by atoms with Crippen molar-refractivity contribution in [1.29, 1.82) is 0 Å². The average molecular weight is 406 g/mol. The van der Waals surface area contributed by atoms with E-state index in [-0.39, 0.29) is 23.6 Å². The molecule has 0 radical (unpaired) electrons. The molecule has 0 N–H and O–H groups in total. The monoisotopic (exact) mass is 405 g/mol. The quantitative estimate of drug-likeness (QED) is 0.669. The van der Waals surface area contributed by atoms with E-state index < -0.39 is 0 Å². The zero-order valence-electron chi connectivity index (χ0n) is 17.5. The summed E-state index contributed by atoms with van der Waals surface area (Å²) in [5.41, 5.74) is 2.89. The lowest BCUT2D eigenvalue weighted by Gasteiger charge is -2.28. The van der Waals surface area contributed by atoms with E-state index in [1.165, 1.54) is 0 Å². The molecule has 156 valence electrons. The Bertz CT molecular complexity index is 1180. The number of aromatic nitrogens is 4. The Morgan fingerprint density at radius 1 is 1.17 bits per heavy atom. The summed E-state index contributed by atoms with van der Waals surface area (Å²) in [6, 6.07) is 9.79. The van der Waals surface area contributed by atoms with Crippen molar-refractivity contribution < 1.29 is 4.79 Å². The molecule has 2 aromatic heterocycles. The first kappa shape index (κ1) is 19.0. The van der Waals surface area contributed by atoms with Gasteiger partial charge in [-0.2, -0.15) is 5.10 Å². The number of nitrogens with zero attached hydrogens (tertiary/aromatic N) is 5. The van der Waals surface area contributed by atoms with Crippen molar-refractivity contribution in [2.45, 2.75) is 71.1 Å². The zero-order valence-corrected chi connectivity index (χ0v) is 17.5. The first-order valence-corrected chi connectivity index (χ1v) is 10.8. The Morgan fingerprint density at radius 3 is 2.77 bits per heavy atom. The van der Waals surface area contributed by atoms with E-state index in [0.717, 1.165) is 48.5 Å². The summed E-state index contributed by atoms with van der Waals surface area (Å²) in [5.74, 6) is 1.00. The second kappa shape index (κ2) is 7.38. The number of hydrogen-bond acceptors (Lipinski definition) is 4. The number of hydrogen-bond donors (Lipinski definition) is 0. The molecule has 2 atom stereocenters. The predicted molar refractivity (Wildman–Crippen MR) is 114 cm³/mol. The van der Waals surface area contributed by atoms with Crippen LogP contribution in [-0.4, -0.2) is 42.2 Å². The number of benzene rings is 1. The molecule has 1 amide bonds. The van der Waals surface area contributed by atoms with Crippen LogP contribution in [0.15, 0.2) is 35.1 Å². The lowest BCUT2D eigenvalue weighted by molar-refractivity contribution is -0.134. The molecule has 0 aliphatic carbocycles. The fraction of sp³-hybridized carbons (Fsp3) is 0.478. The highest BCUT2D eigenvalue weighted by molar-refractivity contribution is 5.78. The minimum absolute atomic E-state index is 0.0140. The normalized spacial score (nSPS) is 20.4. The summed E-state index contributed by atoms with van der Waals surface area (Å²) in [4.78, 5) is 33.0. The Kier molecular flexibility index (Phi) is 4.68. The third kappa shape index (κ3) is 3.22. The van der Waals surface area contributed by atoms with Crippen molar-refractivity contribution >= 4 is 16.8 Å². The zero-order chi connectivity index (χ0) is 20.8. The summed E-state index contributed by atoms with van der Waals surface area (Å²) in [6.07, 6.45) is 3.86. The summed E-state index contributed by atoms with van der Waals surface area (Å²) < 4.78 is 3.78. The standard InChI is InChI=1S/C23H27N5O2/c1-15-12-16(2)27(25-15)11-5-8-22(29)28-17-9-10-18(28)14-26-21(13-17)24-20-7-4-3-6-19(20)23(26)30/h3-4,6-7,12,17-18H,5,8-11,13-14H2,1-2H3. The van der Waals surface area contributed by atoms with Crippen molar-refractivity contribution in [3.8, 4) is 0 Å². The SMILES string of the molecule is Cc1cc(C)n(CCCC(=O)N2C3CCC2Cn2c(nc4ccccc4c2=O)C3)n1. The maximum atomic E-state index is 13.2. The molecule has 2 bridgehead atoms. The minimum Gasteiger partial charge on any atom is -0.334 e. The Labute approximate surface area is 175 Å². The maximum absolute atomic E-state index is 13.2. The number of rotatable bonds is 4. The second-order valence-corrected chi connectivity index (χ2v) is 8.60. The second-order valence-electron chi connectivity index (χ2n) is 8.60. The molecule has 30 heavy (non-hydrogen) atoms. The molecule has 4 heterocycles. The van der Waals surface area contributed by atoms with Gasteiger partial charge < -0.3 is 4.90 Å². The molecule has 2 aliphatic rings. The maximum Gasteiger partial charge on any atom is 0.261 e. The van der Waals surface area contributed by atoms with Crippen LogP contribution in [0, 0.1) is 13.8 Å². The minimum atomic E-state index is 0.0140. The highest BCUT2D eigenvalue weighted by Crippen LogP contribution is 2.31. The number of fused-ring (bicyclic) bond motifs is 4. The number of para-hydroxylation sites is 1. The molecular formula is C23H27N5O2. The van der Waals surface area contributed by atoms with Crippen LogP contribution in [0.3, 0.4) is 0 Å². The van der Waals surface area contributed by atoms with Crippen LogP contribution in [0.25, 0.3) is 10.9 Å². The first-order valence-electron chi connectivity index (χ1n) is 10.8. The largest absolute Gasteiger partial charge is 0.334 e.